The molecule has 0 aliphatic carbocycles. The molecule has 0 aromatic heterocycles. The highest BCUT2D eigenvalue weighted by Gasteiger charge is 2.03. The average Bonchev–Trinajstić information content (AvgIpc) is 2.57. The quantitative estimate of drug-likeness (QED) is 0.581. The highest BCUT2D eigenvalue weighted by atomic mass is 35.5. The van der Waals surface area contributed by atoms with E-state index in [9.17, 15) is 4.79 Å². The summed E-state index contributed by atoms with van der Waals surface area (Å²) < 4.78 is 0. The van der Waals surface area contributed by atoms with Crippen molar-refractivity contribution in [2.75, 3.05) is 18.1 Å². The van der Waals surface area contributed by atoms with Crippen molar-refractivity contribution >= 4 is 52.6 Å². The van der Waals surface area contributed by atoms with E-state index in [4.69, 9.17) is 23.2 Å². The summed E-state index contributed by atoms with van der Waals surface area (Å²) in [5.41, 5.74) is 2.31. The molecule has 128 valence electrons. The van der Waals surface area contributed by atoms with Crippen molar-refractivity contribution in [2.45, 2.75) is 11.5 Å². The molecule has 0 bridgehead atoms. The van der Waals surface area contributed by atoms with Crippen molar-refractivity contribution in [1.29, 1.82) is 0 Å². The molecular weight excluding hydrogens is 381 g/mol. The van der Waals surface area contributed by atoms with Gasteiger partial charge in [-0.2, -0.15) is 11.8 Å². The Morgan fingerprint density at radius 1 is 1.00 bits per heavy atom. The maximum absolute atomic E-state index is 11.8. The second-order valence-corrected chi connectivity index (χ2v) is 8.05. The van der Waals surface area contributed by atoms with Gasteiger partial charge < -0.3 is 5.32 Å². The van der Waals surface area contributed by atoms with Gasteiger partial charge in [-0.3, -0.25) is 4.79 Å². The number of thioether (sulfide) groups is 2. The summed E-state index contributed by atoms with van der Waals surface area (Å²) in [6.45, 7) is 0.667. The molecule has 0 spiro atoms. The monoisotopic (exact) mass is 399 g/mol. The zero-order valence-electron chi connectivity index (χ0n) is 13.1. The molecule has 0 atom stereocenters. The highest BCUT2D eigenvalue weighted by molar-refractivity contribution is 7.99. The van der Waals surface area contributed by atoms with E-state index in [1.54, 1.807) is 29.6 Å². The number of carbonyl (C=O) groups is 1. The van der Waals surface area contributed by atoms with Crippen LogP contribution in [0.25, 0.3) is 0 Å². The van der Waals surface area contributed by atoms with Gasteiger partial charge in [0.1, 0.15) is 0 Å². The molecule has 2 aromatic carbocycles. The maximum atomic E-state index is 11.8. The first kappa shape index (κ1) is 19.5. The minimum Gasteiger partial charge on any atom is -0.355 e. The van der Waals surface area contributed by atoms with Crippen LogP contribution in [0.5, 0.6) is 0 Å². The average molecular weight is 400 g/mol. The van der Waals surface area contributed by atoms with Crippen molar-refractivity contribution in [2.24, 2.45) is 0 Å². The molecule has 0 aliphatic heterocycles. The summed E-state index contributed by atoms with van der Waals surface area (Å²) in [7, 11) is 0. The predicted molar refractivity (Wildman–Crippen MR) is 108 cm³/mol. The van der Waals surface area contributed by atoms with Gasteiger partial charge in [0.05, 0.1) is 5.75 Å². The van der Waals surface area contributed by atoms with E-state index >= 15 is 0 Å². The zero-order chi connectivity index (χ0) is 17.2. The molecule has 1 N–H and O–H groups in total. The number of hydrogen-bond donors (Lipinski definition) is 1. The Hall–Kier alpha value is -0.810. The number of nitrogens with one attached hydrogen (secondary N) is 1. The lowest BCUT2D eigenvalue weighted by molar-refractivity contribution is -0.118. The lowest BCUT2D eigenvalue weighted by Crippen LogP contribution is -2.27. The topological polar surface area (TPSA) is 29.1 Å². The van der Waals surface area contributed by atoms with Crippen LogP contribution in [0.3, 0.4) is 0 Å². The Bertz CT molecular complexity index is 653. The molecule has 0 unspecified atom stereocenters. The number of amides is 1. The first-order valence-electron chi connectivity index (χ1n) is 7.55. The second-order valence-electron chi connectivity index (χ2n) is 5.12. The van der Waals surface area contributed by atoms with Gasteiger partial charge in [-0.05, 0) is 23.3 Å². The number of rotatable bonds is 9. The van der Waals surface area contributed by atoms with Gasteiger partial charge >= 0.3 is 0 Å². The van der Waals surface area contributed by atoms with Gasteiger partial charge in [0.2, 0.25) is 5.91 Å². The van der Waals surface area contributed by atoms with Crippen LogP contribution in [-0.4, -0.2) is 24.0 Å². The van der Waals surface area contributed by atoms with E-state index in [0.717, 1.165) is 22.8 Å². The van der Waals surface area contributed by atoms with Crippen LogP contribution in [0.2, 0.25) is 10.0 Å². The highest BCUT2D eigenvalue weighted by Crippen LogP contribution is 2.24. The fraction of sp³-hybridized carbons (Fsp3) is 0.278. The summed E-state index contributed by atoms with van der Waals surface area (Å²) >= 11 is 15.4. The fourth-order valence-electron chi connectivity index (χ4n) is 1.97. The lowest BCUT2D eigenvalue weighted by atomic mass is 10.2. The molecular formula is C18H19Cl2NOS2. The van der Waals surface area contributed by atoms with E-state index in [2.05, 4.69) is 17.4 Å². The van der Waals surface area contributed by atoms with Crippen LogP contribution in [0, 0.1) is 0 Å². The van der Waals surface area contributed by atoms with Crippen molar-refractivity contribution in [3.63, 3.8) is 0 Å². The molecule has 0 saturated carbocycles. The molecule has 0 radical (unpaired) electrons. The van der Waals surface area contributed by atoms with E-state index in [0.29, 0.717) is 22.3 Å². The third-order valence-electron chi connectivity index (χ3n) is 3.19. The number of benzene rings is 2. The Morgan fingerprint density at radius 2 is 1.79 bits per heavy atom. The molecule has 0 heterocycles. The van der Waals surface area contributed by atoms with Gasteiger partial charge in [0.15, 0.2) is 0 Å². The SMILES string of the molecule is O=C(CSCc1ccccc1)NCCSCc1ccc(Cl)cc1Cl. The van der Waals surface area contributed by atoms with Gasteiger partial charge in [-0.25, -0.2) is 0 Å². The Balaban J connectivity index is 1.54. The van der Waals surface area contributed by atoms with Crippen molar-refractivity contribution in [3.8, 4) is 0 Å². The first-order chi connectivity index (χ1) is 11.6. The Labute approximate surface area is 161 Å². The molecule has 0 aliphatic rings. The predicted octanol–water partition coefficient (Wildman–Crippen LogP) is 5.28. The number of carbonyl (C=O) groups excluding carboxylic acids is 1. The van der Waals surface area contributed by atoms with Crippen molar-refractivity contribution in [3.05, 3.63) is 69.7 Å². The van der Waals surface area contributed by atoms with E-state index < -0.39 is 0 Å². The summed E-state index contributed by atoms with van der Waals surface area (Å²) in [6, 6.07) is 15.7. The van der Waals surface area contributed by atoms with E-state index in [1.165, 1.54) is 5.56 Å². The normalized spacial score (nSPS) is 10.6. The minimum absolute atomic E-state index is 0.0843. The minimum atomic E-state index is 0.0843. The summed E-state index contributed by atoms with van der Waals surface area (Å²) in [5, 5.41) is 4.28. The van der Waals surface area contributed by atoms with Crippen LogP contribution in [-0.2, 0) is 16.3 Å². The van der Waals surface area contributed by atoms with Crippen LogP contribution in [0.15, 0.2) is 48.5 Å². The second kappa shape index (κ2) is 10.9. The van der Waals surface area contributed by atoms with E-state index in [1.807, 2.05) is 30.3 Å². The molecule has 2 aromatic rings. The third kappa shape index (κ3) is 7.39. The van der Waals surface area contributed by atoms with Gasteiger partial charge in [0, 0.05) is 33.8 Å². The van der Waals surface area contributed by atoms with Gasteiger partial charge in [-0.1, -0.05) is 59.6 Å². The maximum Gasteiger partial charge on any atom is 0.230 e. The summed E-state index contributed by atoms with van der Waals surface area (Å²) in [5.74, 6) is 3.10. The standard InChI is InChI=1S/C18H19Cl2NOS2/c19-16-7-6-15(17(20)10-16)12-23-9-8-21-18(22)13-24-11-14-4-2-1-3-5-14/h1-7,10H,8-9,11-13H2,(H,21,22). The van der Waals surface area contributed by atoms with Crippen molar-refractivity contribution in [1.82, 2.24) is 5.32 Å². The molecule has 2 rings (SSSR count). The van der Waals surface area contributed by atoms with Crippen LogP contribution in [0.4, 0.5) is 0 Å². The molecule has 6 heteroatoms. The molecule has 2 nitrogen and oxygen atoms in total. The molecule has 0 fully saturated rings. The van der Waals surface area contributed by atoms with Crippen LogP contribution < -0.4 is 5.32 Å². The fourth-order valence-corrected chi connectivity index (χ4v) is 4.20. The smallest absolute Gasteiger partial charge is 0.230 e. The lowest BCUT2D eigenvalue weighted by Gasteiger charge is -2.07. The molecule has 0 saturated heterocycles. The number of hydrogen-bond acceptors (Lipinski definition) is 3. The van der Waals surface area contributed by atoms with Crippen LogP contribution >= 0.6 is 46.7 Å². The van der Waals surface area contributed by atoms with Crippen LogP contribution in [0.1, 0.15) is 11.1 Å². The zero-order valence-corrected chi connectivity index (χ0v) is 16.3. The third-order valence-corrected chi connectivity index (χ3v) is 5.78. The number of halogens is 2. The van der Waals surface area contributed by atoms with Gasteiger partial charge in [-0.15, -0.1) is 11.8 Å². The largest absolute Gasteiger partial charge is 0.355 e. The van der Waals surface area contributed by atoms with E-state index in [-0.39, 0.29) is 5.91 Å². The van der Waals surface area contributed by atoms with Crippen molar-refractivity contribution < 1.29 is 4.79 Å². The summed E-state index contributed by atoms with van der Waals surface area (Å²) in [6.07, 6.45) is 0. The summed E-state index contributed by atoms with van der Waals surface area (Å²) in [4.78, 5) is 11.8. The molecule has 24 heavy (non-hydrogen) atoms. The first-order valence-corrected chi connectivity index (χ1v) is 10.6. The van der Waals surface area contributed by atoms with Gasteiger partial charge in [0.25, 0.3) is 0 Å². The Kier molecular flexibility index (Phi) is 8.89. The molecule has 1 amide bonds. The Morgan fingerprint density at radius 3 is 2.54 bits per heavy atom.